The molecule has 6 N–H and O–H groups in total. The quantitative estimate of drug-likeness (QED) is 0.308. The van der Waals surface area contributed by atoms with Crippen LogP contribution in [0.2, 0.25) is 0 Å². The van der Waals surface area contributed by atoms with Crippen molar-refractivity contribution in [3.05, 3.63) is 66.2 Å². The van der Waals surface area contributed by atoms with Gasteiger partial charge in [-0.3, -0.25) is 19.7 Å². The van der Waals surface area contributed by atoms with Crippen LogP contribution in [0.1, 0.15) is 10.4 Å². The van der Waals surface area contributed by atoms with Gasteiger partial charge < -0.3 is 31.2 Å². The number of fused-ring (bicyclic) bond motifs is 1. The summed E-state index contributed by atoms with van der Waals surface area (Å²) in [6.45, 7) is 0. The van der Waals surface area contributed by atoms with E-state index >= 15 is 0 Å². The lowest BCUT2D eigenvalue weighted by Crippen LogP contribution is -2.70. The summed E-state index contributed by atoms with van der Waals surface area (Å²) in [5.41, 5.74) is 6.54. The third kappa shape index (κ3) is 5.70. The second-order valence-electron chi connectivity index (χ2n) is 7.99. The van der Waals surface area contributed by atoms with E-state index in [-0.39, 0.29) is 17.2 Å². The molecule has 10 nitrogen and oxygen atoms in total. The van der Waals surface area contributed by atoms with Gasteiger partial charge in [0, 0.05) is 16.6 Å². The molecule has 1 aliphatic heterocycles. The molecule has 36 heavy (non-hydrogen) atoms. The molecule has 3 unspecified atom stereocenters. The van der Waals surface area contributed by atoms with Crippen LogP contribution < -0.4 is 36.5 Å². The number of nitrogens with two attached hydrogens (primary N) is 1. The van der Waals surface area contributed by atoms with E-state index in [9.17, 15) is 14.4 Å². The van der Waals surface area contributed by atoms with Crippen molar-refractivity contribution in [1.29, 1.82) is 0 Å². The monoisotopic (exact) mass is 509 g/mol. The average Bonchev–Trinajstić information content (AvgIpc) is 2.89. The van der Waals surface area contributed by atoms with Crippen molar-refractivity contribution in [2.24, 2.45) is 5.73 Å². The van der Waals surface area contributed by atoms with Gasteiger partial charge in [-0.25, -0.2) is 0 Å². The van der Waals surface area contributed by atoms with Gasteiger partial charge in [0.05, 0.1) is 26.1 Å². The number of benzene rings is 3. The number of carbonyl (C=O) groups excluding carboxylic acids is 3. The zero-order valence-corrected chi connectivity index (χ0v) is 20.6. The maximum absolute atomic E-state index is 12.7. The summed E-state index contributed by atoms with van der Waals surface area (Å²) in [5, 5.41) is 13.3. The number of thioether (sulfide) groups is 1. The number of anilines is 1. The predicted octanol–water partition coefficient (Wildman–Crippen LogP) is 1.62. The first kappa shape index (κ1) is 25.3. The van der Waals surface area contributed by atoms with Gasteiger partial charge in [-0.1, -0.05) is 36.4 Å². The molecule has 0 radical (unpaired) electrons. The first-order valence-electron chi connectivity index (χ1n) is 11.1. The Bertz CT molecular complexity index is 1280. The van der Waals surface area contributed by atoms with E-state index < -0.39 is 29.5 Å². The van der Waals surface area contributed by atoms with Gasteiger partial charge in [-0.2, -0.15) is 0 Å². The summed E-state index contributed by atoms with van der Waals surface area (Å²) >= 11 is 1.19. The van der Waals surface area contributed by atoms with Crippen molar-refractivity contribution in [2.75, 3.05) is 25.3 Å². The van der Waals surface area contributed by atoms with E-state index in [0.717, 1.165) is 10.8 Å². The highest BCUT2D eigenvalue weighted by Gasteiger charge is 2.35. The van der Waals surface area contributed by atoms with Crippen molar-refractivity contribution in [2.45, 2.75) is 17.7 Å². The number of hydrogen-bond donors (Lipinski definition) is 5. The van der Waals surface area contributed by atoms with Gasteiger partial charge in [0.2, 0.25) is 11.8 Å². The molecule has 1 heterocycles. The molecule has 3 amide bonds. The normalized spacial score (nSPS) is 19.3. The minimum absolute atomic E-state index is 0.0799. The molecule has 1 fully saturated rings. The van der Waals surface area contributed by atoms with E-state index in [1.165, 1.54) is 32.0 Å². The van der Waals surface area contributed by atoms with Crippen molar-refractivity contribution >= 4 is 45.9 Å². The average molecular weight is 510 g/mol. The third-order valence-corrected chi connectivity index (χ3v) is 6.65. The molecule has 4 rings (SSSR count). The maximum Gasteiger partial charge on any atom is 0.252 e. The number of amides is 3. The zero-order chi connectivity index (χ0) is 25.7. The van der Waals surface area contributed by atoms with E-state index in [4.69, 9.17) is 15.2 Å². The first-order chi connectivity index (χ1) is 17.4. The van der Waals surface area contributed by atoms with Crippen LogP contribution in [-0.2, 0) is 9.59 Å². The minimum Gasteiger partial charge on any atom is -0.493 e. The minimum atomic E-state index is -1.01. The van der Waals surface area contributed by atoms with Crippen LogP contribution in [-0.4, -0.2) is 55.4 Å². The molecular weight excluding hydrogens is 482 g/mol. The first-order valence-corrected chi connectivity index (χ1v) is 12.2. The maximum atomic E-state index is 12.7. The Kier molecular flexibility index (Phi) is 7.93. The summed E-state index contributed by atoms with van der Waals surface area (Å²) < 4.78 is 10.4. The smallest absolute Gasteiger partial charge is 0.252 e. The van der Waals surface area contributed by atoms with E-state index in [1.54, 1.807) is 12.1 Å². The molecule has 1 saturated heterocycles. The molecule has 188 valence electrons. The SMILES string of the molecule is COc1ccc(C(=O)NC2C(=O)NC(SCC(=O)Nc3cccc4ccccc34)NC2N)cc1OC. The second-order valence-corrected chi connectivity index (χ2v) is 9.08. The molecule has 11 heteroatoms. The summed E-state index contributed by atoms with van der Waals surface area (Å²) in [7, 11) is 2.96. The fourth-order valence-electron chi connectivity index (χ4n) is 3.82. The van der Waals surface area contributed by atoms with Crippen LogP contribution in [0.3, 0.4) is 0 Å². The Labute approximate surface area is 212 Å². The van der Waals surface area contributed by atoms with Gasteiger partial charge in [-0.05, 0) is 29.7 Å². The summed E-state index contributed by atoms with van der Waals surface area (Å²) in [6, 6.07) is 17.1. The molecule has 0 aromatic heterocycles. The van der Waals surface area contributed by atoms with Crippen LogP contribution in [0.5, 0.6) is 11.5 Å². The fraction of sp³-hybridized carbons (Fsp3) is 0.240. The van der Waals surface area contributed by atoms with Crippen molar-refractivity contribution in [1.82, 2.24) is 16.0 Å². The Balaban J connectivity index is 1.31. The number of carbonyl (C=O) groups is 3. The van der Waals surface area contributed by atoms with Crippen LogP contribution in [0.15, 0.2) is 60.7 Å². The van der Waals surface area contributed by atoms with Gasteiger partial charge >= 0.3 is 0 Å². The number of nitrogens with one attached hydrogen (secondary N) is 4. The van der Waals surface area contributed by atoms with Gasteiger partial charge in [0.15, 0.2) is 11.5 Å². The summed E-state index contributed by atoms with van der Waals surface area (Å²) in [4.78, 5) is 37.9. The van der Waals surface area contributed by atoms with E-state index in [2.05, 4.69) is 21.3 Å². The summed E-state index contributed by atoms with van der Waals surface area (Å²) in [6.07, 6.45) is -0.860. The van der Waals surface area contributed by atoms with Crippen molar-refractivity contribution < 1.29 is 23.9 Å². The molecule has 3 atom stereocenters. The van der Waals surface area contributed by atoms with Gasteiger partial charge in [0.25, 0.3) is 5.91 Å². The van der Waals surface area contributed by atoms with Crippen LogP contribution >= 0.6 is 11.8 Å². The molecular formula is C25H27N5O5S. The number of ether oxygens (including phenoxy) is 2. The van der Waals surface area contributed by atoms with Gasteiger partial charge in [0.1, 0.15) is 11.5 Å². The van der Waals surface area contributed by atoms with Crippen molar-refractivity contribution in [3.8, 4) is 11.5 Å². The molecule has 0 aliphatic carbocycles. The van der Waals surface area contributed by atoms with Crippen molar-refractivity contribution in [3.63, 3.8) is 0 Å². The lowest BCUT2D eigenvalue weighted by Gasteiger charge is -2.35. The lowest BCUT2D eigenvalue weighted by atomic mass is 10.1. The Morgan fingerprint density at radius 2 is 1.78 bits per heavy atom. The second kappa shape index (κ2) is 11.3. The van der Waals surface area contributed by atoms with Gasteiger partial charge in [-0.15, -0.1) is 11.8 Å². The number of rotatable bonds is 8. The molecule has 0 saturated carbocycles. The lowest BCUT2D eigenvalue weighted by molar-refractivity contribution is -0.125. The molecule has 0 spiro atoms. The molecule has 0 bridgehead atoms. The highest BCUT2D eigenvalue weighted by Crippen LogP contribution is 2.27. The number of methoxy groups -OCH3 is 2. The Morgan fingerprint density at radius 3 is 2.53 bits per heavy atom. The topological polar surface area (TPSA) is 144 Å². The highest BCUT2D eigenvalue weighted by molar-refractivity contribution is 8.00. The predicted molar refractivity (Wildman–Crippen MR) is 139 cm³/mol. The standard InChI is InChI=1S/C25H27N5O5S/c1-34-18-11-10-15(12-19(18)35-2)23(32)28-21-22(26)29-25(30-24(21)33)36-13-20(31)27-17-9-5-7-14-6-3-4-8-16(14)17/h3-12,21-22,25,29H,13,26H2,1-2H3,(H,27,31)(H,28,32)(H,30,33). The molecule has 3 aromatic carbocycles. The Hall–Kier alpha value is -3.80. The molecule has 1 aliphatic rings. The number of hydrogen-bond acceptors (Lipinski definition) is 8. The van der Waals surface area contributed by atoms with E-state index in [1.807, 2.05) is 42.5 Å². The van der Waals surface area contributed by atoms with E-state index in [0.29, 0.717) is 17.2 Å². The van der Waals surface area contributed by atoms with Crippen LogP contribution in [0.4, 0.5) is 5.69 Å². The zero-order valence-electron chi connectivity index (χ0n) is 19.7. The van der Waals surface area contributed by atoms with Crippen LogP contribution in [0.25, 0.3) is 10.8 Å². The molecule has 3 aromatic rings. The fourth-order valence-corrected chi connectivity index (χ4v) is 4.66. The third-order valence-electron chi connectivity index (χ3n) is 5.64. The van der Waals surface area contributed by atoms with Crippen LogP contribution in [0, 0.1) is 0 Å². The summed E-state index contributed by atoms with van der Waals surface area (Å²) in [5.74, 6) is -0.219. The highest BCUT2D eigenvalue weighted by atomic mass is 32.2. The largest absolute Gasteiger partial charge is 0.493 e. The Morgan fingerprint density at radius 1 is 1.03 bits per heavy atom.